The highest BCUT2D eigenvalue weighted by atomic mass is 16.6. The molecule has 6 nitrogen and oxygen atoms in total. The number of rotatable bonds is 69. The summed E-state index contributed by atoms with van der Waals surface area (Å²) in [6.45, 7) is 6.70. The predicted octanol–water partition coefficient (Wildman–Crippen LogP) is 25.3. The first kappa shape index (κ1) is 78.9. The fourth-order valence-corrected chi connectivity index (χ4v) is 11.4. The molecular weight excluding hydrogens is 997 g/mol. The smallest absolute Gasteiger partial charge is 0.306 e. The van der Waals surface area contributed by atoms with E-state index in [0.29, 0.717) is 19.3 Å². The van der Waals surface area contributed by atoms with Gasteiger partial charge < -0.3 is 14.2 Å². The predicted molar refractivity (Wildman–Crippen MR) is 353 cm³/mol. The molecule has 0 aliphatic carbocycles. The first-order chi connectivity index (χ1) is 40.0. The molecule has 1 atom stereocenters. The van der Waals surface area contributed by atoms with Crippen molar-refractivity contribution in [1.82, 2.24) is 0 Å². The van der Waals surface area contributed by atoms with Gasteiger partial charge in [-0.15, -0.1) is 0 Å². The second-order valence-electron chi connectivity index (χ2n) is 25.2. The molecule has 0 saturated carbocycles. The molecule has 0 N–H and O–H groups in total. The number of ether oxygens (including phenoxy) is 3. The van der Waals surface area contributed by atoms with Crippen LogP contribution in [0.3, 0.4) is 0 Å². The van der Waals surface area contributed by atoms with Crippen LogP contribution in [0.25, 0.3) is 0 Å². The van der Waals surface area contributed by atoms with E-state index in [-0.39, 0.29) is 31.1 Å². The van der Waals surface area contributed by atoms with Gasteiger partial charge in [-0.05, 0) is 51.4 Å². The molecule has 0 aromatic carbocycles. The van der Waals surface area contributed by atoms with Crippen LogP contribution in [-0.2, 0) is 28.6 Å². The Bertz CT molecular complexity index is 1310. The lowest BCUT2D eigenvalue weighted by Crippen LogP contribution is -2.30. The zero-order chi connectivity index (χ0) is 58.5. The SMILES string of the molecule is CCCCC/C=C\C/C=C\CCCCCCCCCC(=O)OCC(COC(=O)CCCCCCCCCCCCCCCCCCCCCCCCCCCCCC)OC(=O)CCCCCCCCCCCCCCCCCCCC. The lowest BCUT2D eigenvalue weighted by atomic mass is 10.0. The molecule has 0 aliphatic rings. The molecule has 0 amide bonds. The lowest BCUT2D eigenvalue weighted by Gasteiger charge is -2.18. The molecule has 478 valence electrons. The van der Waals surface area contributed by atoms with Crippen LogP contribution >= 0.6 is 0 Å². The topological polar surface area (TPSA) is 78.9 Å². The summed E-state index contributed by atoms with van der Waals surface area (Å²) in [6.07, 6.45) is 86.5. The molecule has 0 aromatic heterocycles. The van der Waals surface area contributed by atoms with Crippen LogP contribution in [0.5, 0.6) is 0 Å². The van der Waals surface area contributed by atoms with E-state index in [1.807, 2.05) is 0 Å². The van der Waals surface area contributed by atoms with Crippen molar-refractivity contribution in [2.45, 2.75) is 425 Å². The largest absolute Gasteiger partial charge is 0.462 e. The Labute approximate surface area is 506 Å². The zero-order valence-corrected chi connectivity index (χ0v) is 55.1. The molecule has 6 heteroatoms. The van der Waals surface area contributed by atoms with Crippen LogP contribution in [0.4, 0.5) is 0 Å². The normalized spacial score (nSPS) is 12.1. The maximum atomic E-state index is 13.0. The molecule has 81 heavy (non-hydrogen) atoms. The van der Waals surface area contributed by atoms with Gasteiger partial charge in [-0.1, -0.05) is 373 Å². The quantitative estimate of drug-likeness (QED) is 0.0261. The summed E-state index contributed by atoms with van der Waals surface area (Å²) in [4.78, 5) is 38.5. The summed E-state index contributed by atoms with van der Waals surface area (Å²) in [6, 6.07) is 0. The second kappa shape index (κ2) is 70.4. The summed E-state index contributed by atoms with van der Waals surface area (Å²) in [7, 11) is 0. The van der Waals surface area contributed by atoms with Gasteiger partial charge >= 0.3 is 17.9 Å². The minimum absolute atomic E-state index is 0.0670. The summed E-state index contributed by atoms with van der Waals surface area (Å²) >= 11 is 0. The zero-order valence-electron chi connectivity index (χ0n) is 55.1. The van der Waals surface area contributed by atoms with E-state index < -0.39 is 6.10 Å². The number of carbonyl (C=O) groups excluding carboxylic acids is 3. The molecular formula is C75H142O6. The monoisotopic (exact) mass is 1140 g/mol. The Morgan fingerprint density at radius 1 is 0.247 bits per heavy atom. The van der Waals surface area contributed by atoms with E-state index in [1.165, 1.54) is 308 Å². The van der Waals surface area contributed by atoms with Crippen LogP contribution in [0.2, 0.25) is 0 Å². The van der Waals surface area contributed by atoms with Crippen LogP contribution in [-0.4, -0.2) is 37.2 Å². The number of esters is 3. The molecule has 0 radical (unpaired) electrons. The van der Waals surface area contributed by atoms with Gasteiger partial charge in [0.05, 0.1) is 0 Å². The van der Waals surface area contributed by atoms with Gasteiger partial charge in [-0.3, -0.25) is 14.4 Å². The van der Waals surface area contributed by atoms with Crippen molar-refractivity contribution in [3.8, 4) is 0 Å². The fraction of sp³-hybridized carbons (Fsp3) is 0.907. The number of unbranched alkanes of at least 4 members (excludes halogenated alkanes) is 54. The van der Waals surface area contributed by atoms with Crippen molar-refractivity contribution in [3.05, 3.63) is 24.3 Å². The van der Waals surface area contributed by atoms with Gasteiger partial charge in [-0.25, -0.2) is 0 Å². The molecule has 0 rings (SSSR count). The van der Waals surface area contributed by atoms with Gasteiger partial charge in [0.25, 0.3) is 0 Å². The minimum atomic E-state index is -0.772. The van der Waals surface area contributed by atoms with E-state index in [2.05, 4.69) is 45.1 Å². The van der Waals surface area contributed by atoms with Gasteiger partial charge in [-0.2, -0.15) is 0 Å². The average Bonchev–Trinajstić information content (AvgIpc) is 3.47. The van der Waals surface area contributed by atoms with Crippen molar-refractivity contribution in [1.29, 1.82) is 0 Å². The molecule has 1 unspecified atom stereocenters. The Kier molecular flexibility index (Phi) is 68.5. The highest BCUT2D eigenvalue weighted by molar-refractivity contribution is 5.71. The van der Waals surface area contributed by atoms with Crippen LogP contribution in [0.15, 0.2) is 24.3 Å². The third kappa shape index (κ3) is 68.6. The van der Waals surface area contributed by atoms with Crippen molar-refractivity contribution in [2.24, 2.45) is 0 Å². The Hall–Kier alpha value is -2.11. The molecule has 0 spiro atoms. The standard InChI is InChI=1S/C75H142O6/c1-4-7-10-13-16-19-22-25-28-31-33-34-35-36-37-38-39-40-41-42-45-47-50-53-56-59-62-65-68-74(77)80-71-72(70-79-73(76)67-64-61-58-55-52-49-46-43-30-27-24-21-18-15-12-9-6-3)81-75(78)69-66-63-60-57-54-51-48-44-32-29-26-23-20-17-14-11-8-5-2/h18,21,27,30,72H,4-17,19-20,22-26,28-29,31-71H2,1-3H3/b21-18-,30-27-. The maximum Gasteiger partial charge on any atom is 0.306 e. The van der Waals surface area contributed by atoms with Crippen LogP contribution in [0, 0.1) is 0 Å². The summed E-state index contributed by atoms with van der Waals surface area (Å²) in [5, 5.41) is 0. The van der Waals surface area contributed by atoms with Crippen molar-refractivity contribution >= 4 is 17.9 Å². The summed E-state index contributed by atoms with van der Waals surface area (Å²) in [5.74, 6) is -0.840. The van der Waals surface area contributed by atoms with Gasteiger partial charge in [0.15, 0.2) is 6.10 Å². The minimum Gasteiger partial charge on any atom is -0.462 e. The summed E-state index contributed by atoms with van der Waals surface area (Å²) in [5.41, 5.74) is 0. The number of hydrogen-bond donors (Lipinski definition) is 0. The first-order valence-electron chi connectivity index (χ1n) is 36.8. The summed E-state index contributed by atoms with van der Waals surface area (Å²) < 4.78 is 17.0. The van der Waals surface area contributed by atoms with E-state index in [1.54, 1.807) is 0 Å². The number of allylic oxidation sites excluding steroid dienone is 4. The highest BCUT2D eigenvalue weighted by Crippen LogP contribution is 2.19. The third-order valence-corrected chi connectivity index (χ3v) is 17.0. The first-order valence-corrected chi connectivity index (χ1v) is 36.8. The fourth-order valence-electron chi connectivity index (χ4n) is 11.4. The van der Waals surface area contributed by atoms with Crippen LogP contribution < -0.4 is 0 Å². The van der Waals surface area contributed by atoms with E-state index in [0.717, 1.165) is 70.6 Å². The van der Waals surface area contributed by atoms with Crippen molar-refractivity contribution < 1.29 is 28.6 Å². The van der Waals surface area contributed by atoms with Crippen LogP contribution in [0.1, 0.15) is 419 Å². The highest BCUT2D eigenvalue weighted by Gasteiger charge is 2.20. The van der Waals surface area contributed by atoms with E-state index >= 15 is 0 Å². The molecule has 0 fully saturated rings. The molecule has 0 aromatic rings. The third-order valence-electron chi connectivity index (χ3n) is 17.0. The van der Waals surface area contributed by atoms with Crippen molar-refractivity contribution in [3.63, 3.8) is 0 Å². The van der Waals surface area contributed by atoms with Gasteiger partial charge in [0, 0.05) is 19.3 Å². The molecule has 0 aliphatic heterocycles. The number of hydrogen-bond acceptors (Lipinski definition) is 6. The second-order valence-corrected chi connectivity index (χ2v) is 25.2. The Balaban J connectivity index is 4.22. The Morgan fingerprint density at radius 2 is 0.444 bits per heavy atom. The lowest BCUT2D eigenvalue weighted by molar-refractivity contribution is -0.167. The average molecular weight is 1140 g/mol. The maximum absolute atomic E-state index is 13.0. The van der Waals surface area contributed by atoms with E-state index in [4.69, 9.17) is 14.2 Å². The van der Waals surface area contributed by atoms with Crippen molar-refractivity contribution in [2.75, 3.05) is 13.2 Å². The Morgan fingerprint density at radius 3 is 0.704 bits per heavy atom. The number of carbonyl (C=O) groups is 3. The van der Waals surface area contributed by atoms with Gasteiger partial charge in [0.1, 0.15) is 13.2 Å². The van der Waals surface area contributed by atoms with Gasteiger partial charge in [0.2, 0.25) is 0 Å². The molecule has 0 saturated heterocycles. The van der Waals surface area contributed by atoms with E-state index in [9.17, 15) is 14.4 Å². The molecule has 0 heterocycles. The molecule has 0 bridgehead atoms.